The van der Waals surface area contributed by atoms with Gasteiger partial charge in [0.15, 0.2) is 0 Å². The Bertz CT molecular complexity index is 429. The molecule has 1 aliphatic heterocycles. The van der Waals surface area contributed by atoms with Gasteiger partial charge in [-0.1, -0.05) is 17.7 Å². The van der Waals surface area contributed by atoms with Crippen molar-refractivity contribution < 1.29 is 4.74 Å². The minimum Gasteiger partial charge on any atom is -0.373 e. The highest BCUT2D eigenvalue weighted by molar-refractivity contribution is 5.35. The van der Waals surface area contributed by atoms with Crippen molar-refractivity contribution in [2.45, 2.75) is 45.1 Å². The predicted molar refractivity (Wildman–Crippen MR) is 66.2 cm³/mol. The van der Waals surface area contributed by atoms with Crippen LogP contribution < -0.4 is 0 Å². The molecule has 2 heteroatoms. The summed E-state index contributed by atoms with van der Waals surface area (Å²) in [5.74, 6) is 0.326. The third-order valence-corrected chi connectivity index (χ3v) is 4.67. The quantitative estimate of drug-likeness (QED) is 0.638. The van der Waals surface area contributed by atoms with Crippen LogP contribution in [0.2, 0.25) is 0 Å². The third-order valence-electron chi connectivity index (χ3n) is 4.67. The van der Waals surface area contributed by atoms with Crippen LogP contribution in [0.15, 0.2) is 23.3 Å². The number of rotatable bonds is 0. The van der Waals surface area contributed by atoms with Crippen molar-refractivity contribution in [1.82, 2.24) is 0 Å². The molecule has 0 unspecified atom stereocenters. The molecule has 1 saturated carbocycles. The highest BCUT2D eigenvalue weighted by Gasteiger charge is 2.49. The van der Waals surface area contributed by atoms with E-state index in [1.54, 1.807) is 0 Å². The van der Waals surface area contributed by atoms with Crippen molar-refractivity contribution in [2.75, 3.05) is 6.61 Å². The summed E-state index contributed by atoms with van der Waals surface area (Å²) in [7, 11) is 0. The molecular weight excluding hydrogens is 210 g/mol. The summed E-state index contributed by atoms with van der Waals surface area (Å²) in [6.45, 7) is 2.91. The van der Waals surface area contributed by atoms with Gasteiger partial charge in [-0.2, -0.15) is 5.26 Å². The van der Waals surface area contributed by atoms with E-state index in [1.807, 2.05) is 0 Å². The van der Waals surface area contributed by atoms with E-state index in [9.17, 15) is 5.26 Å². The van der Waals surface area contributed by atoms with Gasteiger partial charge in [0.05, 0.1) is 24.2 Å². The van der Waals surface area contributed by atoms with Crippen molar-refractivity contribution >= 4 is 0 Å². The standard InChI is InChI=1S/C15H19NO/c1-11-4-7-15(10-16)6-2-3-13-14(15)12(9-11)5-8-17-13/h5,9,13-14H,2-4,6-8H2,1H3/t13-,14+,15-/m1/s1. The molecule has 1 fully saturated rings. The summed E-state index contributed by atoms with van der Waals surface area (Å²) in [5.41, 5.74) is 2.63. The molecule has 0 amide bonds. The lowest BCUT2D eigenvalue weighted by Crippen LogP contribution is -2.44. The lowest BCUT2D eigenvalue weighted by atomic mass is 9.61. The molecular formula is C15H19NO. The fraction of sp³-hybridized carbons (Fsp3) is 0.667. The highest BCUT2D eigenvalue weighted by atomic mass is 16.5. The van der Waals surface area contributed by atoms with Crippen molar-refractivity contribution in [2.24, 2.45) is 11.3 Å². The van der Waals surface area contributed by atoms with E-state index in [0.717, 1.165) is 38.7 Å². The average molecular weight is 229 g/mol. The third kappa shape index (κ3) is 1.65. The van der Waals surface area contributed by atoms with Gasteiger partial charge < -0.3 is 4.74 Å². The van der Waals surface area contributed by atoms with E-state index >= 15 is 0 Å². The summed E-state index contributed by atoms with van der Waals surface area (Å²) in [4.78, 5) is 0. The fourth-order valence-corrected chi connectivity index (χ4v) is 3.79. The Kier molecular flexibility index (Phi) is 2.60. The first-order valence-electron chi connectivity index (χ1n) is 6.65. The van der Waals surface area contributed by atoms with Crippen molar-refractivity contribution in [3.8, 4) is 6.07 Å². The second-order valence-electron chi connectivity index (χ2n) is 5.70. The molecule has 3 atom stereocenters. The Hall–Kier alpha value is -1.07. The van der Waals surface area contributed by atoms with E-state index in [1.165, 1.54) is 11.1 Å². The lowest BCUT2D eigenvalue weighted by molar-refractivity contribution is -0.0384. The van der Waals surface area contributed by atoms with Gasteiger partial charge in [-0.25, -0.2) is 0 Å². The molecule has 17 heavy (non-hydrogen) atoms. The van der Waals surface area contributed by atoms with Crippen LogP contribution in [0.25, 0.3) is 0 Å². The van der Waals surface area contributed by atoms with Gasteiger partial charge >= 0.3 is 0 Å². The summed E-state index contributed by atoms with van der Waals surface area (Å²) < 4.78 is 5.88. The van der Waals surface area contributed by atoms with Crippen LogP contribution in [0.3, 0.4) is 0 Å². The largest absolute Gasteiger partial charge is 0.373 e. The number of ether oxygens (including phenoxy) is 1. The SMILES string of the molecule is CC1=CC2=CCO[C@@H]3CCC[C@](C#N)(CC1)[C@@H]23. The maximum atomic E-state index is 9.69. The Balaban J connectivity index is 2.09. The molecule has 0 N–H and O–H groups in total. The zero-order valence-corrected chi connectivity index (χ0v) is 10.4. The Morgan fingerprint density at radius 2 is 2.35 bits per heavy atom. The van der Waals surface area contributed by atoms with E-state index in [4.69, 9.17) is 4.74 Å². The van der Waals surface area contributed by atoms with Crippen LogP contribution in [0, 0.1) is 22.7 Å². The van der Waals surface area contributed by atoms with Crippen molar-refractivity contribution in [3.63, 3.8) is 0 Å². The van der Waals surface area contributed by atoms with Crippen molar-refractivity contribution in [1.29, 1.82) is 5.26 Å². The minimum absolute atomic E-state index is 0.163. The summed E-state index contributed by atoms with van der Waals surface area (Å²) >= 11 is 0. The van der Waals surface area contributed by atoms with Gasteiger partial charge in [-0.3, -0.25) is 0 Å². The molecule has 0 aromatic rings. The second kappa shape index (κ2) is 3.99. The Morgan fingerprint density at radius 3 is 3.18 bits per heavy atom. The van der Waals surface area contributed by atoms with Gasteiger partial charge in [-0.15, -0.1) is 0 Å². The molecule has 0 bridgehead atoms. The molecule has 0 spiro atoms. The van der Waals surface area contributed by atoms with Gasteiger partial charge in [0.1, 0.15) is 0 Å². The molecule has 2 aliphatic carbocycles. The van der Waals surface area contributed by atoms with E-state index in [0.29, 0.717) is 5.92 Å². The maximum absolute atomic E-state index is 9.69. The van der Waals surface area contributed by atoms with Crippen LogP contribution in [-0.2, 0) is 4.74 Å². The summed E-state index contributed by atoms with van der Waals surface area (Å²) in [5, 5.41) is 9.69. The van der Waals surface area contributed by atoms with E-state index in [2.05, 4.69) is 25.1 Å². The minimum atomic E-state index is -0.163. The van der Waals surface area contributed by atoms with E-state index in [-0.39, 0.29) is 11.5 Å². The topological polar surface area (TPSA) is 33.0 Å². The molecule has 0 aromatic heterocycles. The first kappa shape index (κ1) is 11.0. The van der Waals surface area contributed by atoms with Gasteiger partial charge in [-0.05, 0) is 44.6 Å². The lowest BCUT2D eigenvalue weighted by Gasteiger charge is -2.45. The second-order valence-corrected chi connectivity index (χ2v) is 5.70. The molecule has 1 heterocycles. The molecule has 3 rings (SSSR count). The first-order valence-corrected chi connectivity index (χ1v) is 6.65. The van der Waals surface area contributed by atoms with E-state index < -0.39 is 0 Å². The number of hydrogen-bond donors (Lipinski definition) is 0. The molecule has 90 valence electrons. The van der Waals surface area contributed by atoms with Gasteiger partial charge in [0.25, 0.3) is 0 Å². The van der Waals surface area contributed by atoms with Gasteiger partial charge in [0, 0.05) is 5.92 Å². The predicted octanol–water partition coefficient (Wildman–Crippen LogP) is 3.36. The van der Waals surface area contributed by atoms with Crippen LogP contribution in [0.5, 0.6) is 0 Å². The normalized spacial score (nSPS) is 40.5. The van der Waals surface area contributed by atoms with Crippen LogP contribution in [0.1, 0.15) is 39.0 Å². The highest BCUT2D eigenvalue weighted by Crippen LogP contribution is 2.52. The summed E-state index contributed by atoms with van der Waals surface area (Å²) in [6.07, 6.45) is 10.2. The summed E-state index contributed by atoms with van der Waals surface area (Å²) in [6, 6.07) is 2.65. The number of nitriles is 1. The van der Waals surface area contributed by atoms with Crippen molar-refractivity contribution in [3.05, 3.63) is 23.3 Å². The zero-order valence-electron chi connectivity index (χ0n) is 10.4. The number of nitrogens with zero attached hydrogens (tertiary/aromatic N) is 1. The molecule has 2 nitrogen and oxygen atoms in total. The molecule has 3 aliphatic rings. The van der Waals surface area contributed by atoms with Gasteiger partial charge in [0.2, 0.25) is 0 Å². The van der Waals surface area contributed by atoms with Crippen LogP contribution in [-0.4, -0.2) is 12.7 Å². The molecule has 0 aromatic carbocycles. The monoisotopic (exact) mass is 229 g/mol. The Morgan fingerprint density at radius 1 is 1.47 bits per heavy atom. The smallest absolute Gasteiger partial charge is 0.0697 e. The number of allylic oxidation sites excluding steroid dienone is 2. The number of hydrogen-bond acceptors (Lipinski definition) is 2. The maximum Gasteiger partial charge on any atom is 0.0697 e. The average Bonchev–Trinajstić information content (AvgIpc) is 2.50. The van der Waals surface area contributed by atoms with Crippen LogP contribution >= 0.6 is 0 Å². The van der Waals surface area contributed by atoms with Crippen LogP contribution in [0.4, 0.5) is 0 Å². The Labute approximate surface area is 103 Å². The fourth-order valence-electron chi connectivity index (χ4n) is 3.79. The molecule has 0 radical (unpaired) electrons. The first-order chi connectivity index (χ1) is 8.25. The molecule has 0 saturated heterocycles. The zero-order chi connectivity index (χ0) is 11.9.